The summed E-state index contributed by atoms with van der Waals surface area (Å²) in [5, 5.41) is 13.3. The lowest BCUT2D eigenvalue weighted by molar-refractivity contribution is -0.139. The lowest BCUT2D eigenvalue weighted by atomic mass is 10.0. The predicted octanol–water partition coefficient (Wildman–Crippen LogP) is 4.25. The van der Waals surface area contributed by atoms with Gasteiger partial charge in [0.2, 0.25) is 5.88 Å². The Morgan fingerprint density at radius 3 is 2.37 bits per heavy atom. The topological polar surface area (TPSA) is 145 Å². The number of carbonyl (C=O) groups is 3. The van der Waals surface area contributed by atoms with E-state index in [1.165, 1.54) is 25.3 Å². The van der Waals surface area contributed by atoms with Crippen LogP contribution in [0.5, 0.6) is 5.88 Å². The summed E-state index contributed by atoms with van der Waals surface area (Å²) in [6.45, 7) is -1.61. The van der Waals surface area contributed by atoms with Crippen molar-refractivity contribution in [2.45, 2.75) is 25.4 Å². The second-order valence-corrected chi connectivity index (χ2v) is 7.88. The zero-order valence-corrected chi connectivity index (χ0v) is 21.7. The fourth-order valence-electron chi connectivity index (χ4n) is 3.00. The number of carboxylic acid groups (broad SMARTS) is 1. The molecule has 1 unspecified atom stereocenters. The minimum absolute atomic E-state index is 0.153. The SMILES string of the molecule is CO/C=C(/C(=O)O)c1ccccc1COc1nn(CC(COC(=O)OC)OC(=O)OC)c(Br)c1C(F)(F)F. The minimum atomic E-state index is -4.94. The molecule has 16 heteroatoms. The van der Waals surface area contributed by atoms with Crippen LogP contribution in [0.3, 0.4) is 0 Å². The number of methoxy groups -OCH3 is 3. The summed E-state index contributed by atoms with van der Waals surface area (Å²) in [7, 11) is 3.28. The van der Waals surface area contributed by atoms with Gasteiger partial charge in [0.05, 0.1) is 34.1 Å². The highest BCUT2D eigenvalue weighted by Crippen LogP contribution is 2.41. The van der Waals surface area contributed by atoms with E-state index in [0.29, 0.717) is 0 Å². The van der Waals surface area contributed by atoms with Gasteiger partial charge in [0.1, 0.15) is 23.4 Å². The van der Waals surface area contributed by atoms with E-state index in [1.807, 2.05) is 0 Å². The molecule has 0 radical (unpaired) electrons. The summed E-state index contributed by atoms with van der Waals surface area (Å²) in [4.78, 5) is 34.5. The van der Waals surface area contributed by atoms with Crippen molar-refractivity contribution in [1.82, 2.24) is 9.78 Å². The molecule has 2 rings (SSSR count). The second kappa shape index (κ2) is 13.6. The van der Waals surface area contributed by atoms with Crippen molar-refractivity contribution in [1.29, 1.82) is 0 Å². The maximum atomic E-state index is 13.9. The Hall–Kier alpha value is -3.95. The van der Waals surface area contributed by atoms with Crippen LogP contribution in [-0.4, -0.2) is 67.2 Å². The van der Waals surface area contributed by atoms with Gasteiger partial charge < -0.3 is 33.5 Å². The smallest absolute Gasteiger partial charge is 0.503 e. The lowest BCUT2D eigenvalue weighted by Crippen LogP contribution is -2.30. The Labute approximate surface area is 221 Å². The van der Waals surface area contributed by atoms with Gasteiger partial charge in [-0.15, -0.1) is 5.10 Å². The summed E-state index contributed by atoms with van der Waals surface area (Å²) in [5.74, 6) is -2.18. The number of carbonyl (C=O) groups excluding carboxylic acids is 2. The van der Waals surface area contributed by atoms with Gasteiger partial charge in [-0.3, -0.25) is 4.68 Å². The first-order valence-electron chi connectivity index (χ1n) is 10.4. The average Bonchev–Trinajstić information content (AvgIpc) is 3.19. The van der Waals surface area contributed by atoms with E-state index in [9.17, 15) is 32.7 Å². The fourth-order valence-corrected chi connectivity index (χ4v) is 3.62. The summed E-state index contributed by atoms with van der Waals surface area (Å²) < 4.78 is 70.5. The van der Waals surface area contributed by atoms with Crippen molar-refractivity contribution >= 4 is 39.8 Å². The zero-order chi connectivity index (χ0) is 28.5. The van der Waals surface area contributed by atoms with Crippen molar-refractivity contribution < 1.29 is 61.1 Å². The number of benzene rings is 1. The number of aliphatic carboxylic acids is 1. The molecule has 2 aromatic rings. The number of hydrogen-bond donors (Lipinski definition) is 1. The number of alkyl halides is 3. The number of hydrogen-bond acceptors (Lipinski definition) is 10. The molecule has 0 aliphatic rings. The van der Waals surface area contributed by atoms with Crippen LogP contribution in [0.25, 0.3) is 5.57 Å². The molecule has 1 N–H and O–H groups in total. The molecule has 0 spiro atoms. The van der Waals surface area contributed by atoms with Crippen LogP contribution >= 0.6 is 15.9 Å². The molecule has 0 aliphatic heterocycles. The molecule has 0 fully saturated rings. The Balaban J connectivity index is 2.40. The quantitative estimate of drug-likeness (QED) is 0.221. The fraction of sp³-hybridized carbons (Fsp3) is 0.364. The third kappa shape index (κ3) is 8.03. The molecular formula is C22H22BrF3N2O10. The average molecular weight is 611 g/mol. The highest BCUT2D eigenvalue weighted by Gasteiger charge is 2.41. The standard InChI is InChI=1S/C22H22BrF3N2O10/c1-33-11-15(19(29)30)14-7-5-4-6-12(14)9-36-18-16(22(24,25)26)17(23)28(27-18)8-13(38-21(32)35-3)10-37-20(31)34-2/h4-7,11,13H,8-10H2,1-3H3,(H,29,30)/b15-11+. The van der Waals surface area contributed by atoms with Gasteiger partial charge >= 0.3 is 24.5 Å². The van der Waals surface area contributed by atoms with Gasteiger partial charge in [0.15, 0.2) is 11.7 Å². The molecule has 0 saturated carbocycles. The Morgan fingerprint density at radius 1 is 1.13 bits per heavy atom. The Bertz CT molecular complexity index is 1180. The number of nitrogens with zero attached hydrogens (tertiary/aromatic N) is 2. The van der Waals surface area contributed by atoms with Crippen molar-refractivity contribution in [3.05, 3.63) is 51.8 Å². The zero-order valence-electron chi connectivity index (χ0n) is 20.1. The first-order valence-corrected chi connectivity index (χ1v) is 11.2. The van der Waals surface area contributed by atoms with Crippen molar-refractivity contribution in [3.8, 4) is 5.88 Å². The van der Waals surface area contributed by atoms with Crippen LogP contribution in [0, 0.1) is 0 Å². The van der Waals surface area contributed by atoms with Gasteiger partial charge in [-0.1, -0.05) is 24.3 Å². The minimum Gasteiger partial charge on any atom is -0.503 e. The summed E-state index contributed by atoms with van der Waals surface area (Å²) in [6.07, 6.45) is -7.59. The monoisotopic (exact) mass is 610 g/mol. The first kappa shape index (κ1) is 30.3. The van der Waals surface area contributed by atoms with Gasteiger partial charge in [0, 0.05) is 0 Å². The van der Waals surface area contributed by atoms with Crippen molar-refractivity contribution in [2.24, 2.45) is 0 Å². The van der Waals surface area contributed by atoms with Gasteiger partial charge in [-0.2, -0.15) is 13.2 Å². The molecule has 0 aliphatic carbocycles. The third-order valence-electron chi connectivity index (χ3n) is 4.64. The Morgan fingerprint density at radius 2 is 1.79 bits per heavy atom. The highest BCUT2D eigenvalue weighted by molar-refractivity contribution is 9.10. The molecule has 208 valence electrons. The summed E-state index contributed by atoms with van der Waals surface area (Å²) in [5.41, 5.74) is -1.15. The van der Waals surface area contributed by atoms with E-state index >= 15 is 0 Å². The second-order valence-electron chi connectivity index (χ2n) is 7.13. The molecular weight excluding hydrogens is 589 g/mol. The highest BCUT2D eigenvalue weighted by atomic mass is 79.9. The van der Waals surface area contributed by atoms with Crippen LogP contribution in [0.2, 0.25) is 0 Å². The van der Waals surface area contributed by atoms with E-state index in [4.69, 9.17) is 18.9 Å². The van der Waals surface area contributed by atoms with Gasteiger partial charge in [0.25, 0.3) is 0 Å². The van der Waals surface area contributed by atoms with Gasteiger partial charge in [-0.25, -0.2) is 14.4 Å². The molecule has 0 saturated heterocycles. The summed E-state index contributed by atoms with van der Waals surface area (Å²) >= 11 is 2.84. The van der Waals surface area contributed by atoms with Crippen LogP contribution in [-0.2, 0) is 47.8 Å². The van der Waals surface area contributed by atoms with Crippen LogP contribution in [0.15, 0.2) is 35.1 Å². The number of ether oxygens (including phenoxy) is 6. The molecule has 12 nitrogen and oxygen atoms in total. The molecule has 1 atom stereocenters. The van der Waals surface area contributed by atoms with E-state index in [0.717, 1.165) is 25.2 Å². The molecule has 1 heterocycles. The molecule has 0 bridgehead atoms. The number of halogens is 4. The van der Waals surface area contributed by atoms with E-state index < -0.39 is 66.4 Å². The van der Waals surface area contributed by atoms with Crippen LogP contribution in [0.4, 0.5) is 22.8 Å². The molecule has 0 amide bonds. The van der Waals surface area contributed by atoms with Gasteiger partial charge in [-0.05, 0) is 27.1 Å². The first-order chi connectivity index (χ1) is 17.9. The Kier molecular flexibility index (Phi) is 10.8. The molecule has 1 aromatic carbocycles. The number of rotatable bonds is 11. The third-order valence-corrected chi connectivity index (χ3v) is 5.45. The maximum absolute atomic E-state index is 13.9. The number of aromatic nitrogens is 2. The normalized spacial score (nSPS) is 12.3. The molecule has 38 heavy (non-hydrogen) atoms. The van der Waals surface area contributed by atoms with E-state index in [2.05, 4.69) is 30.5 Å². The van der Waals surface area contributed by atoms with E-state index in [1.54, 1.807) is 6.07 Å². The van der Waals surface area contributed by atoms with E-state index in [-0.39, 0.29) is 16.7 Å². The van der Waals surface area contributed by atoms with Crippen LogP contribution in [0.1, 0.15) is 16.7 Å². The summed E-state index contributed by atoms with van der Waals surface area (Å²) in [6, 6.07) is 5.98. The predicted molar refractivity (Wildman–Crippen MR) is 124 cm³/mol. The van der Waals surface area contributed by atoms with Crippen molar-refractivity contribution in [2.75, 3.05) is 27.9 Å². The van der Waals surface area contributed by atoms with Crippen LogP contribution < -0.4 is 4.74 Å². The van der Waals surface area contributed by atoms with Crippen molar-refractivity contribution in [3.63, 3.8) is 0 Å². The lowest BCUT2D eigenvalue weighted by Gasteiger charge is -2.17. The molecule has 1 aromatic heterocycles. The maximum Gasteiger partial charge on any atom is 0.508 e. The largest absolute Gasteiger partial charge is 0.508 e. The number of carboxylic acids is 1.